The zero-order valence-corrected chi connectivity index (χ0v) is 13.8. The molecule has 0 aliphatic rings. The van der Waals surface area contributed by atoms with E-state index in [4.69, 9.17) is 11.5 Å². The quantitative estimate of drug-likeness (QED) is 0.280. The van der Waals surface area contributed by atoms with Crippen molar-refractivity contribution in [1.29, 1.82) is 0 Å². The summed E-state index contributed by atoms with van der Waals surface area (Å²) in [4.78, 5) is 9.12. The first-order valence-electron chi connectivity index (χ1n) is 8.11. The molecule has 0 radical (unpaired) electrons. The number of nitrogens with one attached hydrogen (secondary N) is 1. The number of phenolic OH excluding ortho intramolecular Hbond substituents is 2. The number of nitrogens with zero attached hydrogens (tertiary/aromatic N) is 3. The largest absolute Gasteiger partial charge is 0.504 e. The van der Waals surface area contributed by atoms with Crippen LogP contribution in [-0.4, -0.2) is 37.7 Å². The van der Waals surface area contributed by atoms with Gasteiger partial charge in [-0.05, 0) is 36.4 Å². The number of nitrogens with two attached hydrogens (primary N) is 2. The summed E-state index contributed by atoms with van der Waals surface area (Å²) in [6, 6.07) is 10.1. The number of rotatable bonds is 4. The lowest BCUT2D eigenvalue weighted by molar-refractivity contribution is 0.404. The summed E-state index contributed by atoms with van der Waals surface area (Å²) in [5.74, 6) is 0.233. The molecule has 7 N–H and O–H groups in total. The van der Waals surface area contributed by atoms with Crippen LogP contribution in [0.1, 0.15) is 0 Å². The molecule has 2 aromatic carbocycles. The maximum Gasteiger partial charge on any atom is 0.181 e. The molecular formula is C18H18N6O2. The van der Waals surface area contributed by atoms with Crippen LogP contribution in [0.2, 0.25) is 0 Å². The van der Waals surface area contributed by atoms with Crippen molar-refractivity contribution in [2.45, 2.75) is 0 Å². The Labute approximate surface area is 148 Å². The van der Waals surface area contributed by atoms with Crippen LogP contribution < -0.4 is 16.8 Å². The van der Waals surface area contributed by atoms with E-state index in [1.165, 1.54) is 12.1 Å². The van der Waals surface area contributed by atoms with Gasteiger partial charge in [0.25, 0.3) is 0 Å². The van der Waals surface area contributed by atoms with Gasteiger partial charge in [0.05, 0.1) is 22.9 Å². The molecule has 132 valence electrons. The van der Waals surface area contributed by atoms with Crippen LogP contribution in [0.25, 0.3) is 27.9 Å². The summed E-state index contributed by atoms with van der Waals surface area (Å²) in [5.41, 5.74) is 15.8. The summed E-state index contributed by atoms with van der Waals surface area (Å²) in [6.07, 6.45) is 1.70. The normalized spacial score (nSPS) is 11.3. The van der Waals surface area contributed by atoms with Gasteiger partial charge in [0.15, 0.2) is 23.0 Å². The van der Waals surface area contributed by atoms with E-state index in [0.29, 0.717) is 41.3 Å². The molecule has 0 saturated heterocycles. The second kappa shape index (κ2) is 6.08. The van der Waals surface area contributed by atoms with Crippen LogP contribution >= 0.6 is 0 Å². The minimum absolute atomic E-state index is 0.174. The van der Waals surface area contributed by atoms with Gasteiger partial charge < -0.3 is 27.0 Å². The molecule has 8 nitrogen and oxygen atoms in total. The Kier molecular flexibility index (Phi) is 3.74. The minimum atomic E-state index is -0.193. The number of nitrogen functional groups attached to an aromatic ring is 1. The number of hydrogen-bond donors (Lipinski definition) is 5. The van der Waals surface area contributed by atoms with E-state index in [-0.39, 0.29) is 11.5 Å². The molecule has 2 heterocycles. The number of fused-ring (bicyclic) bond motifs is 3. The summed E-state index contributed by atoms with van der Waals surface area (Å²) in [7, 11) is 0. The Balaban J connectivity index is 2.04. The minimum Gasteiger partial charge on any atom is -0.504 e. The van der Waals surface area contributed by atoms with Crippen LogP contribution in [0, 0.1) is 0 Å². The second-order valence-electron chi connectivity index (χ2n) is 5.93. The third-order valence-corrected chi connectivity index (χ3v) is 4.15. The van der Waals surface area contributed by atoms with Gasteiger partial charge in [-0.15, -0.1) is 0 Å². The fourth-order valence-electron chi connectivity index (χ4n) is 2.95. The number of aromatic hydroxyl groups is 2. The van der Waals surface area contributed by atoms with Crippen molar-refractivity contribution in [2.24, 2.45) is 5.73 Å². The topological polar surface area (TPSA) is 135 Å². The van der Waals surface area contributed by atoms with Gasteiger partial charge in [0, 0.05) is 24.3 Å². The third-order valence-electron chi connectivity index (χ3n) is 4.15. The zero-order chi connectivity index (χ0) is 18.3. The first kappa shape index (κ1) is 16.0. The number of aromatic nitrogens is 3. The third kappa shape index (κ3) is 2.52. The first-order valence-corrected chi connectivity index (χ1v) is 8.11. The van der Waals surface area contributed by atoms with E-state index in [2.05, 4.69) is 15.3 Å². The van der Waals surface area contributed by atoms with Crippen LogP contribution in [-0.2, 0) is 0 Å². The van der Waals surface area contributed by atoms with Crippen molar-refractivity contribution in [1.82, 2.24) is 14.4 Å². The number of benzene rings is 2. The highest BCUT2D eigenvalue weighted by molar-refractivity contribution is 5.88. The van der Waals surface area contributed by atoms with E-state index in [0.717, 1.165) is 11.2 Å². The van der Waals surface area contributed by atoms with Crippen molar-refractivity contribution in [3.8, 4) is 22.8 Å². The number of phenols is 2. The standard InChI is InChI=1S/C18H18N6O2/c19-5-6-21-17-18-22-9-14(10-1-4-15(25)16(26)7-10)24(18)13-3-2-11(20)8-12(13)23-17/h1-4,7-9,25-26H,5-6,19-20H2,(H,21,23). The molecule has 0 spiro atoms. The van der Waals surface area contributed by atoms with E-state index in [9.17, 15) is 10.2 Å². The van der Waals surface area contributed by atoms with E-state index >= 15 is 0 Å². The van der Waals surface area contributed by atoms with Crippen molar-refractivity contribution < 1.29 is 10.2 Å². The predicted octanol–water partition coefficient (Wildman–Crippen LogP) is 1.91. The Morgan fingerprint density at radius 1 is 1.08 bits per heavy atom. The van der Waals surface area contributed by atoms with Crippen molar-refractivity contribution in [3.05, 3.63) is 42.6 Å². The Morgan fingerprint density at radius 3 is 2.69 bits per heavy atom. The molecule has 0 atom stereocenters. The summed E-state index contributed by atoms with van der Waals surface area (Å²) in [6.45, 7) is 1.01. The van der Waals surface area contributed by atoms with Crippen molar-refractivity contribution in [3.63, 3.8) is 0 Å². The molecule has 0 aliphatic heterocycles. The molecule has 0 amide bonds. The molecule has 4 rings (SSSR count). The molecule has 0 aliphatic carbocycles. The van der Waals surface area contributed by atoms with Crippen molar-refractivity contribution >= 4 is 28.2 Å². The van der Waals surface area contributed by atoms with Gasteiger partial charge in [-0.25, -0.2) is 9.97 Å². The van der Waals surface area contributed by atoms with Crippen LogP contribution in [0.3, 0.4) is 0 Å². The van der Waals surface area contributed by atoms with Gasteiger partial charge in [0.1, 0.15) is 0 Å². The Hall–Kier alpha value is -3.52. The predicted molar refractivity (Wildman–Crippen MR) is 101 cm³/mol. The van der Waals surface area contributed by atoms with Crippen LogP contribution in [0.15, 0.2) is 42.6 Å². The first-order chi connectivity index (χ1) is 12.6. The van der Waals surface area contributed by atoms with Crippen LogP contribution in [0.5, 0.6) is 11.5 Å². The zero-order valence-electron chi connectivity index (χ0n) is 13.8. The molecule has 0 bridgehead atoms. The summed E-state index contributed by atoms with van der Waals surface area (Å²) >= 11 is 0. The van der Waals surface area contributed by atoms with E-state index in [1.807, 2.05) is 10.5 Å². The molecular weight excluding hydrogens is 332 g/mol. The fraction of sp³-hybridized carbons (Fsp3) is 0.111. The van der Waals surface area contributed by atoms with Gasteiger partial charge in [-0.2, -0.15) is 0 Å². The Bertz CT molecular complexity index is 1120. The molecule has 0 saturated carbocycles. The maximum atomic E-state index is 9.86. The maximum absolute atomic E-state index is 9.86. The van der Waals surface area contributed by atoms with E-state index in [1.54, 1.807) is 24.4 Å². The molecule has 2 aromatic heterocycles. The lowest BCUT2D eigenvalue weighted by Crippen LogP contribution is -2.15. The van der Waals surface area contributed by atoms with Crippen LogP contribution in [0.4, 0.5) is 11.5 Å². The summed E-state index contributed by atoms with van der Waals surface area (Å²) in [5, 5.41) is 22.6. The lowest BCUT2D eigenvalue weighted by atomic mass is 10.1. The highest BCUT2D eigenvalue weighted by atomic mass is 16.3. The molecule has 4 aromatic rings. The average Bonchev–Trinajstić information content (AvgIpc) is 3.07. The van der Waals surface area contributed by atoms with Gasteiger partial charge in [-0.3, -0.25) is 4.40 Å². The number of anilines is 2. The lowest BCUT2D eigenvalue weighted by Gasteiger charge is -2.12. The molecule has 0 unspecified atom stereocenters. The highest BCUT2D eigenvalue weighted by Gasteiger charge is 2.15. The second-order valence-corrected chi connectivity index (χ2v) is 5.93. The number of hydrogen-bond acceptors (Lipinski definition) is 7. The Morgan fingerprint density at radius 2 is 1.92 bits per heavy atom. The van der Waals surface area contributed by atoms with E-state index < -0.39 is 0 Å². The van der Waals surface area contributed by atoms with Gasteiger partial charge >= 0.3 is 0 Å². The SMILES string of the molecule is NCCNc1nc2cc(N)ccc2n2c(-c3ccc(O)c(O)c3)cnc12. The van der Waals surface area contributed by atoms with Crippen molar-refractivity contribution in [2.75, 3.05) is 24.1 Å². The molecule has 26 heavy (non-hydrogen) atoms. The smallest absolute Gasteiger partial charge is 0.181 e. The molecule has 8 heteroatoms. The highest BCUT2D eigenvalue weighted by Crippen LogP contribution is 2.33. The fourth-order valence-corrected chi connectivity index (χ4v) is 2.95. The van der Waals surface area contributed by atoms with Gasteiger partial charge in [-0.1, -0.05) is 0 Å². The number of imidazole rings is 1. The van der Waals surface area contributed by atoms with Gasteiger partial charge in [0.2, 0.25) is 0 Å². The monoisotopic (exact) mass is 350 g/mol. The molecule has 0 fully saturated rings. The average molecular weight is 350 g/mol. The summed E-state index contributed by atoms with van der Waals surface area (Å²) < 4.78 is 1.94.